The van der Waals surface area contributed by atoms with Crippen molar-refractivity contribution in [2.75, 3.05) is 0 Å². The molecule has 3 rings (SSSR count). The van der Waals surface area contributed by atoms with Crippen LogP contribution in [0.2, 0.25) is 0 Å². The van der Waals surface area contributed by atoms with E-state index in [1.54, 1.807) is 0 Å². The molecule has 1 aromatic rings. The van der Waals surface area contributed by atoms with E-state index in [-0.39, 0.29) is 18.9 Å². The number of rotatable bonds is 4. The quantitative estimate of drug-likeness (QED) is 0.641. The summed E-state index contributed by atoms with van der Waals surface area (Å²) in [7, 11) is 1.87. The van der Waals surface area contributed by atoms with Crippen LogP contribution in [0.4, 0.5) is 13.2 Å². The molecule has 2 aliphatic rings. The maximum absolute atomic E-state index is 13.0. The SMILES string of the molecule is Cc1nnc(CN=C(NC2CC2)NC2CCCC(C(F)(F)F)C2)n1C. The molecule has 6 nitrogen and oxygen atoms in total. The van der Waals surface area contributed by atoms with Crippen molar-refractivity contribution in [2.45, 2.75) is 70.3 Å². The minimum atomic E-state index is -4.11. The van der Waals surface area contributed by atoms with Crippen LogP contribution in [-0.2, 0) is 13.6 Å². The first-order valence-electron chi connectivity index (χ1n) is 8.82. The maximum atomic E-state index is 13.0. The van der Waals surface area contributed by atoms with E-state index < -0.39 is 12.1 Å². The van der Waals surface area contributed by atoms with Gasteiger partial charge in [0, 0.05) is 19.1 Å². The number of aromatic nitrogens is 3. The van der Waals surface area contributed by atoms with Crippen LogP contribution in [0.3, 0.4) is 0 Å². The van der Waals surface area contributed by atoms with Crippen molar-refractivity contribution in [2.24, 2.45) is 18.0 Å². The molecule has 140 valence electrons. The van der Waals surface area contributed by atoms with Crippen LogP contribution < -0.4 is 10.6 Å². The monoisotopic (exact) mass is 358 g/mol. The highest BCUT2D eigenvalue weighted by atomic mass is 19.4. The van der Waals surface area contributed by atoms with Crippen LogP contribution in [0, 0.1) is 12.8 Å². The van der Waals surface area contributed by atoms with Crippen LogP contribution in [0.1, 0.15) is 50.2 Å². The molecule has 1 aromatic heterocycles. The number of hydrogen-bond acceptors (Lipinski definition) is 3. The molecule has 0 radical (unpaired) electrons. The molecule has 25 heavy (non-hydrogen) atoms. The lowest BCUT2D eigenvalue weighted by molar-refractivity contribution is -0.183. The van der Waals surface area contributed by atoms with Gasteiger partial charge in [0.25, 0.3) is 0 Å². The van der Waals surface area contributed by atoms with Crippen molar-refractivity contribution < 1.29 is 13.2 Å². The zero-order valence-corrected chi connectivity index (χ0v) is 14.6. The third-order valence-corrected chi connectivity index (χ3v) is 4.96. The summed E-state index contributed by atoms with van der Waals surface area (Å²) < 4.78 is 40.8. The van der Waals surface area contributed by atoms with E-state index in [0.29, 0.717) is 25.0 Å². The summed E-state index contributed by atoms with van der Waals surface area (Å²) in [6, 6.07) is 0.168. The third kappa shape index (κ3) is 4.85. The Morgan fingerprint density at radius 1 is 1.16 bits per heavy atom. The molecule has 2 aliphatic carbocycles. The van der Waals surface area contributed by atoms with Gasteiger partial charge in [-0.05, 0) is 39.0 Å². The Kier molecular flexibility index (Phi) is 5.19. The highest BCUT2D eigenvalue weighted by Gasteiger charge is 2.42. The van der Waals surface area contributed by atoms with E-state index >= 15 is 0 Å². The number of nitrogens with zero attached hydrogens (tertiary/aromatic N) is 4. The zero-order valence-electron chi connectivity index (χ0n) is 14.6. The molecule has 1 heterocycles. The fourth-order valence-electron chi connectivity index (χ4n) is 3.10. The number of alkyl halides is 3. The number of guanidine groups is 1. The normalized spacial score (nSPS) is 25.1. The van der Waals surface area contributed by atoms with Crippen LogP contribution >= 0.6 is 0 Å². The lowest BCUT2D eigenvalue weighted by Gasteiger charge is -2.32. The van der Waals surface area contributed by atoms with E-state index in [1.165, 1.54) is 0 Å². The molecule has 2 saturated carbocycles. The Bertz CT molecular complexity index is 620. The second-order valence-electron chi connectivity index (χ2n) is 7.05. The average molecular weight is 358 g/mol. The summed E-state index contributed by atoms with van der Waals surface area (Å²) in [4.78, 5) is 4.52. The molecular formula is C16H25F3N6. The van der Waals surface area contributed by atoms with Crippen molar-refractivity contribution in [3.05, 3.63) is 11.6 Å². The minimum Gasteiger partial charge on any atom is -0.354 e. The van der Waals surface area contributed by atoms with Gasteiger partial charge in [-0.1, -0.05) is 6.42 Å². The minimum absolute atomic E-state index is 0.109. The highest BCUT2D eigenvalue weighted by Crippen LogP contribution is 2.37. The largest absolute Gasteiger partial charge is 0.391 e. The molecule has 0 amide bonds. The standard InChI is InChI=1S/C16H25F3N6/c1-10-23-24-14(25(10)2)9-20-15(21-12-6-7-12)22-13-5-3-4-11(8-13)16(17,18)19/h11-13H,3-9H2,1-2H3,(H2,20,21,22). The molecular weight excluding hydrogens is 333 g/mol. The molecule has 2 fully saturated rings. The van der Waals surface area contributed by atoms with Gasteiger partial charge >= 0.3 is 6.18 Å². The molecule has 2 atom stereocenters. The molecule has 0 saturated heterocycles. The topological polar surface area (TPSA) is 67.1 Å². The summed E-state index contributed by atoms with van der Waals surface area (Å²) in [5.74, 6) is 0.889. The molecule has 0 aliphatic heterocycles. The highest BCUT2D eigenvalue weighted by molar-refractivity contribution is 5.80. The third-order valence-electron chi connectivity index (χ3n) is 4.96. The Hall–Kier alpha value is -1.80. The van der Waals surface area contributed by atoms with E-state index in [2.05, 4.69) is 25.8 Å². The number of hydrogen-bond donors (Lipinski definition) is 2. The first-order chi connectivity index (χ1) is 11.8. The summed E-state index contributed by atoms with van der Waals surface area (Å²) in [6.45, 7) is 2.20. The number of halogens is 3. The lowest BCUT2D eigenvalue weighted by atomic mass is 9.85. The Balaban J connectivity index is 1.64. The fourth-order valence-corrected chi connectivity index (χ4v) is 3.10. The van der Waals surface area contributed by atoms with Crippen molar-refractivity contribution in [3.8, 4) is 0 Å². The summed E-state index contributed by atoms with van der Waals surface area (Å²) >= 11 is 0. The van der Waals surface area contributed by atoms with Crippen LogP contribution in [0.5, 0.6) is 0 Å². The van der Waals surface area contributed by atoms with Gasteiger partial charge in [-0.25, -0.2) is 4.99 Å². The van der Waals surface area contributed by atoms with E-state index in [4.69, 9.17) is 0 Å². The van der Waals surface area contributed by atoms with Crippen molar-refractivity contribution in [1.82, 2.24) is 25.4 Å². The molecule has 9 heteroatoms. The lowest BCUT2D eigenvalue weighted by Crippen LogP contribution is -2.47. The Morgan fingerprint density at radius 3 is 2.48 bits per heavy atom. The Morgan fingerprint density at radius 2 is 1.88 bits per heavy atom. The second-order valence-corrected chi connectivity index (χ2v) is 7.05. The van der Waals surface area contributed by atoms with Gasteiger partial charge in [0.05, 0.1) is 5.92 Å². The zero-order chi connectivity index (χ0) is 18.0. The van der Waals surface area contributed by atoms with E-state index in [0.717, 1.165) is 30.9 Å². The molecule has 0 aromatic carbocycles. The van der Waals surface area contributed by atoms with E-state index in [9.17, 15) is 13.2 Å². The predicted molar refractivity (Wildman–Crippen MR) is 88.0 cm³/mol. The first-order valence-corrected chi connectivity index (χ1v) is 8.82. The number of nitrogens with one attached hydrogen (secondary N) is 2. The first kappa shape index (κ1) is 18.0. The average Bonchev–Trinajstić information content (AvgIpc) is 3.31. The van der Waals surface area contributed by atoms with Crippen LogP contribution in [0.15, 0.2) is 4.99 Å². The van der Waals surface area contributed by atoms with Gasteiger partial charge in [0.2, 0.25) is 0 Å². The smallest absolute Gasteiger partial charge is 0.354 e. The Labute approximate surface area is 145 Å². The number of aliphatic imine (C=N–C) groups is 1. The van der Waals surface area contributed by atoms with Gasteiger partial charge in [0.1, 0.15) is 12.4 Å². The van der Waals surface area contributed by atoms with Gasteiger partial charge in [0.15, 0.2) is 11.8 Å². The summed E-state index contributed by atoms with van der Waals surface area (Å²) in [6.07, 6.45) is -0.320. The van der Waals surface area contributed by atoms with Gasteiger partial charge in [-0.15, -0.1) is 10.2 Å². The van der Waals surface area contributed by atoms with Gasteiger partial charge in [-0.2, -0.15) is 13.2 Å². The second kappa shape index (κ2) is 7.21. The fraction of sp³-hybridized carbons (Fsp3) is 0.812. The molecule has 2 N–H and O–H groups in total. The number of aryl methyl sites for hydroxylation is 1. The van der Waals surface area contributed by atoms with Crippen molar-refractivity contribution in [3.63, 3.8) is 0 Å². The van der Waals surface area contributed by atoms with Crippen molar-refractivity contribution >= 4 is 5.96 Å². The van der Waals surface area contributed by atoms with Crippen molar-refractivity contribution in [1.29, 1.82) is 0 Å². The van der Waals surface area contributed by atoms with Gasteiger partial charge < -0.3 is 15.2 Å². The summed E-state index contributed by atoms with van der Waals surface area (Å²) in [5, 5.41) is 14.6. The molecule has 2 unspecified atom stereocenters. The predicted octanol–water partition coefficient (Wildman–Crippen LogP) is 2.44. The van der Waals surface area contributed by atoms with E-state index in [1.807, 2.05) is 18.5 Å². The maximum Gasteiger partial charge on any atom is 0.391 e. The molecule has 0 spiro atoms. The summed E-state index contributed by atoms with van der Waals surface area (Å²) in [5.41, 5.74) is 0. The molecule has 0 bridgehead atoms. The van der Waals surface area contributed by atoms with Crippen LogP contribution in [0.25, 0.3) is 0 Å². The van der Waals surface area contributed by atoms with Gasteiger partial charge in [-0.3, -0.25) is 0 Å². The van der Waals surface area contributed by atoms with Crippen LogP contribution in [-0.4, -0.2) is 39.0 Å².